The second-order valence-electron chi connectivity index (χ2n) is 7.93. The number of carbonyl (C=O) groups excluding carboxylic acids is 1. The molecule has 2 aromatic heterocycles. The van der Waals surface area contributed by atoms with Gasteiger partial charge in [-0.3, -0.25) is 4.79 Å². The van der Waals surface area contributed by atoms with Crippen molar-refractivity contribution in [1.29, 1.82) is 10.5 Å². The Balaban J connectivity index is 1.48. The van der Waals surface area contributed by atoms with Gasteiger partial charge in [0.1, 0.15) is 34.3 Å². The zero-order valence-corrected chi connectivity index (χ0v) is 22.0. The van der Waals surface area contributed by atoms with Crippen LogP contribution < -0.4 is 15.8 Å². The predicted molar refractivity (Wildman–Crippen MR) is 148 cm³/mol. The number of aromatic nitrogens is 2. The molecule has 4 aromatic rings. The molecule has 0 spiro atoms. The molecule has 4 rings (SSSR count). The van der Waals surface area contributed by atoms with Crippen LogP contribution in [-0.4, -0.2) is 28.2 Å². The van der Waals surface area contributed by atoms with Crippen molar-refractivity contribution in [3.8, 4) is 29.0 Å². The van der Waals surface area contributed by atoms with E-state index in [-0.39, 0.29) is 29.3 Å². The van der Waals surface area contributed by atoms with Gasteiger partial charge < -0.3 is 15.8 Å². The molecule has 2 aromatic carbocycles. The van der Waals surface area contributed by atoms with Gasteiger partial charge in [0.15, 0.2) is 5.13 Å². The summed E-state index contributed by atoms with van der Waals surface area (Å²) in [5.74, 6) is 0.985. The smallest absolute Gasteiger partial charge is 0.226 e. The molecule has 0 saturated heterocycles. The van der Waals surface area contributed by atoms with Crippen LogP contribution in [0.5, 0.6) is 5.75 Å². The van der Waals surface area contributed by atoms with Crippen LogP contribution >= 0.6 is 23.1 Å². The van der Waals surface area contributed by atoms with Crippen molar-refractivity contribution >= 4 is 50.2 Å². The van der Waals surface area contributed by atoms with Crippen LogP contribution in [0.2, 0.25) is 0 Å². The molecule has 0 aliphatic rings. The fourth-order valence-corrected chi connectivity index (χ4v) is 5.58. The normalized spacial score (nSPS) is 10.6. The lowest BCUT2D eigenvalue weighted by Crippen LogP contribution is -2.12. The number of anilines is 2. The molecule has 0 aliphatic heterocycles. The number of nitrogen functional groups attached to an aromatic ring is 1. The maximum atomic E-state index is 12.6. The van der Waals surface area contributed by atoms with Crippen molar-refractivity contribution in [3.63, 3.8) is 0 Å². The molecule has 10 heteroatoms. The van der Waals surface area contributed by atoms with Gasteiger partial charge in [-0.1, -0.05) is 42.5 Å². The van der Waals surface area contributed by atoms with Crippen molar-refractivity contribution in [2.24, 2.45) is 0 Å². The molecule has 0 radical (unpaired) electrons. The predicted octanol–water partition coefficient (Wildman–Crippen LogP) is 5.77. The molecule has 0 bridgehead atoms. The maximum Gasteiger partial charge on any atom is 0.226 e. The summed E-state index contributed by atoms with van der Waals surface area (Å²) in [4.78, 5) is 21.4. The van der Waals surface area contributed by atoms with E-state index in [1.54, 1.807) is 0 Å². The summed E-state index contributed by atoms with van der Waals surface area (Å²) in [6, 6.07) is 17.6. The quantitative estimate of drug-likeness (QED) is 0.261. The first-order valence-corrected chi connectivity index (χ1v) is 13.5. The highest BCUT2D eigenvalue weighted by Gasteiger charge is 2.21. The number of nitrogens with two attached hydrogens (primary N) is 1. The number of hydrogen-bond acceptors (Lipinski definition) is 9. The van der Waals surface area contributed by atoms with Gasteiger partial charge in [-0.15, -0.1) is 11.8 Å². The standard InChI is InChI=1S/C27H24N6O2S2/c1-3-16-5-7-17(8-6-16)24-19(14-28)25(30)33-26(20(24)15-29)36-12-11-23(34)32-27-31-21-10-9-18(35-4-2)13-22(21)37-27/h5-10,13H,3-4,11-12H2,1-2H3,(H2,30,33)(H,31,32,34). The van der Waals surface area contributed by atoms with Crippen molar-refractivity contribution in [3.05, 3.63) is 59.2 Å². The lowest BCUT2D eigenvalue weighted by molar-refractivity contribution is -0.115. The number of rotatable bonds is 9. The number of thiazole rings is 1. The third kappa shape index (κ3) is 5.83. The topological polar surface area (TPSA) is 138 Å². The van der Waals surface area contributed by atoms with E-state index in [0.29, 0.717) is 28.1 Å². The molecule has 0 atom stereocenters. The highest BCUT2D eigenvalue weighted by atomic mass is 32.2. The average Bonchev–Trinajstić information content (AvgIpc) is 3.30. The van der Waals surface area contributed by atoms with Gasteiger partial charge in [0.05, 0.1) is 22.4 Å². The Hall–Kier alpha value is -4.12. The summed E-state index contributed by atoms with van der Waals surface area (Å²) in [7, 11) is 0. The Morgan fingerprint density at radius 1 is 1.11 bits per heavy atom. The largest absolute Gasteiger partial charge is 0.494 e. The molecule has 37 heavy (non-hydrogen) atoms. The Kier molecular flexibility index (Phi) is 8.24. The zero-order valence-electron chi connectivity index (χ0n) is 20.4. The summed E-state index contributed by atoms with van der Waals surface area (Å²) in [6.07, 6.45) is 1.06. The van der Waals surface area contributed by atoms with Crippen LogP contribution in [0.25, 0.3) is 21.3 Å². The number of benzene rings is 2. The Labute approximate surface area is 223 Å². The van der Waals surface area contributed by atoms with E-state index in [1.807, 2.05) is 49.4 Å². The Morgan fingerprint density at radius 2 is 1.86 bits per heavy atom. The van der Waals surface area contributed by atoms with E-state index in [4.69, 9.17) is 10.5 Å². The monoisotopic (exact) mass is 528 g/mol. The lowest BCUT2D eigenvalue weighted by atomic mass is 9.96. The van der Waals surface area contributed by atoms with Gasteiger partial charge in [0, 0.05) is 17.7 Å². The first-order chi connectivity index (χ1) is 18.0. The molecule has 0 fully saturated rings. The van der Waals surface area contributed by atoms with Crippen LogP contribution in [-0.2, 0) is 11.2 Å². The van der Waals surface area contributed by atoms with Crippen LogP contribution in [0.4, 0.5) is 10.9 Å². The van der Waals surface area contributed by atoms with Gasteiger partial charge >= 0.3 is 0 Å². The SMILES string of the molecule is CCOc1ccc2nc(NC(=O)CCSc3nc(N)c(C#N)c(-c4ccc(CC)cc4)c3C#N)sc2c1. The summed E-state index contributed by atoms with van der Waals surface area (Å²) < 4.78 is 6.44. The number of ether oxygens (including phenoxy) is 1. The number of fused-ring (bicyclic) bond motifs is 1. The van der Waals surface area contributed by atoms with Gasteiger partial charge in [-0.2, -0.15) is 10.5 Å². The minimum Gasteiger partial charge on any atom is -0.494 e. The molecular weight excluding hydrogens is 504 g/mol. The first-order valence-electron chi connectivity index (χ1n) is 11.7. The van der Waals surface area contributed by atoms with Gasteiger partial charge in [-0.05, 0) is 42.7 Å². The number of amides is 1. The second-order valence-corrected chi connectivity index (χ2v) is 10.0. The fourth-order valence-electron chi connectivity index (χ4n) is 3.74. The molecule has 0 saturated carbocycles. The highest BCUT2D eigenvalue weighted by Crippen LogP contribution is 2.36. The maximum absolute atomic E-state index is 12.6. The molecule has 2 heterocycles. The van der Waals surface area contributed by atoms with E-state index >= 15 is 0 Å². The fraction of sp³-hybridized carbons (Fsp3) is 0.222. The van der Waals surface area contributed by atoms with Crippen LogP contribution in [0.15, 0.2) is 47.5 Å². The van der Waals surface area contributed by atoms with Crippen molar-refractivity contribution in [2.75, 3.05) is 23.4 Å². The zero-order chi connectivity index (χ0) is 26.4. The van der Waals surface area contributed by atoms with Crippen LogP contribution in [0.3, 0.4) is 0 Å². The van der Waals surface area contributed by atoms with Gasteiger partial charge in [-0.25, -0.2) is 9.97 Å². The molecule has 186 valence electrons. The van der Waals surface area contributed by atoms with Crippen molar-refractivity contribution in [1.82, 2.24) is 9.97 Å². The van der Waals surface area contributed by atoms with E-state index in [1.165, 1.54) is 23.1 Å². The minimum atomic E-state index is -0.202. The average molecular weight is 529 g/mol. The molecular formula is C27H24N6O2S2. The van der Waals surface area contributed by atoms with Crippen LogP contribution in [0.1, 0.15) is 37.0 Å². The summed E-state index contributed by atoms with van der Waals surface area (Å²) >= 11 is 2.63. The molecule has 0 aliphatic carbocycles. The second kappa shape index (κ2) is 11.7. The molecule has 0 unspecified atom stereocenters. The van der Waals surface area contributed by atoms with E-state index < -0.39 is 0 Å². The number of pyridine rings is 1. The summed E-state index contributed by atoms with van der Waals surface area (Å²) in [6.45, 7) is 4.55. The number of nitrogens with one attached hydrogen (secondary N) is 1. The Bertz CT molecular complexity index is 1530. The summed E-state index contributed by atoms with van der Waals surface area (Å²) in [5, 5.41) is 23.4. The molecule has 3 N–H and O–H groups in total. The number of hydrogen-bond donors (Lipinski definition) is 2. The number of nitriles is 2. The van der Waals surface area contributed by atoms with E-state index in [0.717, 1.165) is 33.5 Å². The number of nitrogens with zero attached hydrogens (tertiary/aromatic N) is 4. The number of carbonyl (C=O) groups is 1. The lowest BCUT2D eigenvalue weighted by Gasteiger charge is -2.13. The molecule has 1 amide bonds. The Morgan fingerprint density at radius 3 is 2.54 bits per heavy atom. The summed E-state index contributed by atoms with van der Waals surface area (Å²) in [5.41, 5.74) is 9.67. The van der Waals surface area contributed by atoms with Gasteiger partial charge in [0.25, 0.3) is 0 Å². The minimum absolute atomic E-state index is 0.0592. The highest BCUT2D eigenvalue weighted by molar-refractivity contribution is 7.99. The molecule has 8 nitrogen and oxygen atoms in total. The first kappa shape index (κ1) is 26.0. The van der Waals surface area contributed by atoms with E-state index in [9.17, 15) is 15.3 Å². The van der Waals surface area contributed by atoms with Crippen molar-refractivity contribution < 1.29 is 9.53 Å². The third-order valence-corrected chi connectivity index (χ3v) is 7.46. The third-order valence-electron chi connectivity index (χ3n) is 5.55. The van der Waals surface area contributed by atoms with Gasteiger partial charge in [0.2, 0.25) is 5.91 Å². The van der Waals surface area contributed by atoms with Crippen LogP contribution in [0, 0.1) is 22.7 Å². The van der Waals surface area contributed by atoms with E-state index in [2.05, 4.69) is 34.3 Å². The number of aryl methyl sites for hydroxylation is 1. The van der Waals surface area contributed by atoms with Crippen molar-refractivity contribution in [2.45, 2.75) is 31.7 Å². The number of thioether (sulfide) groups is 1.